The standard InChI is InChI=1S/C20H22N6O/c1-14-7-8-15-5-2-3-6-17(15)25-10-4-11-26(25)18-9-12-24-19(23-18)16(13-21-24)20(27)22-14/h2-3,5-6,9,12-14H,4,7-8,10-11H2,1H3,(H,22,27)/t14-/m1/s1. The summed E-state index contributed by atoms with van der Waals surface area (Å²) in [5.74, 6) is 0.726. The predicted molar refractivity (Wildman–Crippen MR) is 104 cm³/mol. The number of aromatic nitrogens is 3. The molecule has 27 heavy (non-hydrogen) atoms. The maximum Gasteiger partial charge on any atom is 0.256 e. The number of nitrogens with zero attached hydrogens (tertiary/aromatic N) is 5. The first kappa shape index (κ1) is 16.1. The topological polar surface area (TPSA) is 65.8 Å². The molecule has 7 heteroatoms. The molecule has 0 saturated carbocycles. The number of fused-ring (bicyclic) bond motifs is 5. The van der Waals surface area contributed by atoms with Gasteiger partial charge in [0.1, 0.15) is 5.56 Å². The molecule has 1 saturated heterocycles. The summed E-state index contributed by atoms with van der Waals surface area (Å²) in [6.45, 7) is 3.92. The molecule has 7 nitrogen and oxygen atoms in total. The van der Waals surface area contributed by atoms with Gasteiger partial charge in [0.25, 0.3) is 5.91 Å². The molecule has 2 aromatic heterocycles. The summed E-state index contributed by atoms with van der Waals surface area (Å²) in [6, 6.07) is 10.6. The molecule has 0 unspecified atom stereocenters. The fraction of sp³-hybridized carbons (Fsp3) is 0.350. The molecule has 138 valence electrons. The fourth-order valence-corrected chi connectivity index (χ4v) is 3.98. The molecular weight excluding hydrogens is 340 g/mol. The third kappa shape index (κ3) is 2.70. The number of hydrogen-bond donors (Lipinski definition) is 1. The normalized spacial score (nSPS) is 19.9. The Morgan fingerprint density at radius 2 is 2.00 bits per heavy atom. The van der Waals surface area contributed by atoms with Crippen molar-refractivity contribution in [2.45, 2.75) is 32.2 Å². The molecular formula is C20H22N6O. The van der Waals surface area contributed by atoms with E-state index < -0.39 is 0 Å². The lowest BCUT2D eigenvalue weighted by Crippen LogP contribution is -2.38. The monoisotopic (exact) mass is 362 g/mol. The maximum absolute atomic E-state index is 12.8. The van der Waals surface area contributed by atoms with E-state index in [4.69, 9.17) is 4.98 Å². The van der Waals surface area contributed by atoms with Crippen molar-refractivity contribution < 1.29 is 4.79 Å². The van der Waals surface area contributed by atoms with Crippen LogP contribution in [0.5, 0.6) is 0 Å². The number of carbonyl (C=O) groups excluding carboxylic acids is 1. The minimum absolute atomic E-state index is 0.0686. The number of anilines is 2. The Hall–Kier alpha value is -3.09. The SMILES string of the molecule is C[C@@H]1CCc2ccccc2N2CCCN2c2ccn3ncc(c3n2)C(=O)N1. The summed E-state index contributed by atoms with van der Waals surface area (Å²) >= 11 is 0. The molecule has 2 aliphatic rings. The van der Waals surface area contributed by atoms with Crippen molar-refractivity contribution in [2.24, 2.45) is 0 Å². The van der Waals surface area contributed by atoms with Gasteiger partial charge in [0.2, 0.25) is 0 Å². The molecule has 2 aliphatic heterocycles. The van der Waals surface area contributed by atoms with Crippen LogP contribution in [0.1, 0.15) is 35.7 Å². The number of nitrogens with one attached hydrogen (secondary N) is 1. The van der Waals surface area contributed by atoms with Gasteiger partial charge < -0.3 is 5.32 Å². The van der Waals surface area contributed by atoms with Crippen LogP contribution in [0, 0.1) is 0 Å². The van der Waals surface area contributed by atoms with Crippen LogP contribution in [0.15, 0.2) is 42.7 Å². The van der Waals surface area contributed by atoms with E-state index in [0.29, 0.717) is 11.2 Å². The van der Waals surface area contributed by atoms with Crippen molar-refractivity contribution in [1.29, 1.82) is 0 Å². The number of hydrogen-bond acceptors (Lipinski definition) is 5. The molecule has 1 atom stereocenters. The second kappa shape index (κ2) is 6.26. The van der Waals surface area contributed by atoms with E-state index in [2.05, 4.69) is 44.7 Å². The Morgan fingerprint density at radius 1 is 1.15 bits per heavy atom. The van der Waals surface area contributed by atoms with Crippen LogP contribution in [0.3, 0.4) is 0 Å². The predicted octanol–water partition coefficient (Wildman–Crippen LogP) is 2.43. The molecule has 1 N–H and O–H groups in total. The van der Waals surface area contributed by atoms with Crippen molar-refractivity contribution in [3.8, 4) is 0 Å². The number of hydrazine groups is 1. The van der Waals surface area contributed by atoms with E-state index in [-0.39, 0.29) is 11.9 Å². The van der Waals surface area contributed by atoms with Crippen molar-refractivity contribution in [3.63, 3.8) is 0 Å². The zero-order valence-electron chi connectivity index (χ0n) is 15.3. The highest BCUT2D eigenvalue weighted by atomic mass is 16.1. The average Bonchev–Trinajstić information content (AvgIpc) is 3.32. The third-order valence-electron chi connectivity index (χ3n) is 5.39. The first-order chi connectivity index (χ1) is 13.2. The highest BCUT2D eigenvalue weighted by Crippen LogP contribution is 2.30. The van der Waals surface area contributed by atoms with Crippen LogP contribution < -0.4 is 15.3 Å². The number of carbonyl (C=O) groups is 1. The molecule has 1 fully saturated rings. The van der Waals surface area contributed by atoms with Crippen LogP contribution in [0.4, 0.5) is 11.5 Å². The van der Waals surface area contributed by atoms with E-state index in [1.807, 2.05) is 19.2 Å². The molecule has 2 bridgehead atoms. The van der Waals surface area contributed by atoms with Gasteiger partial charge in [-0.05, 0) is 37.8 Å². The summed E-state index contributed by atoms with van der Waals surface area (Å²) in [6.07, 6.45) is 6.34. The van der Waals surface area contributed by atoms with Gasteiger partial charge in [0, 0.05) is 31.4 Å². The van der Waals surface area contributed by atoms with Crippen molar-refractivity contribution in [1.82, 2.24) is 19.9 Å². The lowest BCUT2D eigenvalue weighted by Gasteiger charge is -2.32. The largest absolute Gasteiger partial charge is 0.349 e. The van der Waals surface area contributed by atoms with E-state index >= 15 is 0 Å². The molecule has 4 heterocycles. The highest BCUT2D eigenvalue weighted by Gasteiger charge is 2.27. The highest BCUT2D eigenvalue weighted by molar-refractivity contribution is 5.99. The number of amides is 1. The smallest absolute Gasteiger partial charge is 0.256 e. The lowest BCUT2D eigenvalue weighted by molar-refractivity contribution is 0.0940. The maximum atomic E-state index is 12.8. The zero-order chi connectivity index (χ0) is 18.4. The van der Waals surface area contributed by atoms with E-state index in [1.54, 1.807) is 10.7 Å². The fourth-order valence-electron chi connectivity index (χ4n) is 3.98. The summed E-state index contributed by atoms with van der Waals surface area (Å²) in [7, 11) is 0. The summed E-state index contributed by atoms with van der Waals surface area (Å²) < 4.78 is 1.66. The summed E-state index contributed by atoms with van der Waals surface area (Å²) in [5, 5.41) is 11.9. The van der Waals surface area contributed by atoms with Gasteiger partial charge in [0.15, 0.2) is 11.5 Å². The number of aryl methyl sites for hydroxylation is 1. The second-order valence-electron chi connectivity index (χ2n) is 7.25. The van der Waals surface area contributed by atoms with Gasteiger partial charge in [-0.1, -0.05) is 18.2 Å². The van der Waals surface area contributed by atoms with Crippen molar-refractivity contribution >= 4 is 23.1 Å². The summed E-state index contributed by atoms with van der Waals surface area (Å²) in [4.78, 5) is 17.5. The molecule has 0 radical (unpaired) electrons. The third-order valence-corrected chi connectivity index (χ3v) is 5.39. The lowest BCUT2D eigenvalue weighted by atomic mass is 10.0. The molecule has 0 aliphatic carbocycles. The number of para-hydroxylation sites is 1. The molecule has 1 aromatic carbocycles. The van der Waals surface area contributed by atoms with Gasteiger partial charge in [-0.25, -0.2) is 9.50 Å². The van der Waals surface area contributed by atoms with Gasteiger partial charge in [-0.2, -0.15) is 5.10 Å². The summed E-state index contributed by atoms with van der Waals surface area (Å²) in [5.41, 5.74) is 3.64. The van der Waals surface area contributed by atoms with Crippen molar-refractivity contribution in [3.05, 3.63) is 53.9 Å². The van der Waals surface area contributed by atoms with Gasteiger partial charge >= 0.3 is 0 Å². The van der Waals surface area contributed by atoms with E-state index in [0.717, 1.165) is 38.2 Å². The van der Waals surface area contributed by atoms with E-state index in [1.165, 1.54) is 11.3 Å². The first-order valence-electron chi connectivity index (χ1n) is 9.49. The Labute approximate surface area is 157 Å². The Morgan fingerprint density at radius 3 is 2.93 bits per heavy atom. The van der Waals surface area contributed by atoms with Gasteiger partial charge in [-0.15, -0.1) is 0 Å². The first-order valence-corrected chi connectivity index (χ1v) is 9.49. The molecule has 3 aromatic rings. The van der Waals surface area contributed by atoms with Crippen LogP contribution >= 0.6 is 0 Å². The van der Waals surface area contributed by atoms with Crippen LogP contribution in [-0.2, 0) is 6.42 Å². The molecule has 5 rings (SSSR count). The zero-order valence-corrected chi connectivity index (χ0v) is 15.3. The number of rotatable bonds is 0. The van der Waals surface area contributed by atoms with E-state index in [9.17, 15) is 4.79 Å². The second-order valence-corrected chi connectivity index (χ2v) is 7.25. The molecule has 0 spiro atoms. The minimum Gasteiger partial charge on any atom is -0.349 e. The molecule has 1 amide bonds. The average molecular weight is 362 g/mol. The van der Waals surface area contributed by atoms with Gasteiger partial charge in [-0.3, -0.25) is 14.8 Å². The van der Waals surface area contributed by atoms with Crippen LogP contribution in [0.25, 0.3) is 5.65 Å². The van der Waals surface area contributed by atoms with Crippen LogP contribution in [-0.4, -0.2) is 39.6 Å². The van der Waals surface area contributed by atoms with Gasteiger partial charge in [0.05, 0.1) is 11.9 Å². The quantitative estimate of drug-likeness (QED) is 0.665. The minimum atomic E-state index is -0.118. The van der Waals surface area contributed by atoms with Crippen LogP contribution in [0.2, 0.25) is 0 Å². The van der Waals surface area contributed by atoms with Crippen molar-refractivity contribution in [2.75, 3.05) is 23.1 Å². The number of benzene rings is 1. The Bertz CT molecular complexity index is 1010. The Balaban J connectivity index is 1.68. The Kier molecular flexibility index (Phi) is 3.74.